The van der Waals surface area contributed by atoms with Crippen molar-refractivity contribution in [1.82, 2.24) is 5.32 Å². The summed E-state index contributed by atoms with van der Waals surface area (Å²) in [6.07, 6.45) is 6.82. The minimum absolute atomic E-state index is 0.627. The lowest BCUT2D eigenvalue weighted by Gasteiger charge is -2.13. The molecule has 0 unspecified atom stereocenters. The highest BCUT2D eigenvalue weighted by Gasteiger charge is 2.09. The highest BCUT2D eigenvalue weighted by Crippen LogP contribution is 2.19. The molecule has 0 bridgehead atoms. The highest BCUT2D eigenvalue weighted by atomic mass is 16.5. The van der Waals surface area contributed by atoms with Crippen LogP contribution in [0.1, 0.15) is 24.0 Å². The molecule has 16 heavy (non-hydrogen) atoms. The molecule has 0 saturated heterocycles. The topological polar surface area (TPSA) is 21.3 Å². The molecule has 0 amide bonds. The maximum atomic E-state index is 5.25. The quantitative estimate of drug-likeness (QED) is 0.783. The molecule has 1 aromatic rings. The Labute approximate surface area is 97.3 Å². The summed E-state index contributed by atoms with van der Waals surface area (Å²) < 4.78 is 5.25. The van der Waals surface area contributed by atoms with Gasteiger partial charge in [0, 0.05) is 12.6 Å². The van der Waals surface area contributed by atoms with Crippen LogP contribution in [0.4, 0.5) is 0 Å². The molecule has 0 aliphatic heterocycles. The predicted octanol–water partition coefficient (Wildman–Crippen LogP) is 2.81. The van der Waals surface area contributed by atoms with Crippen molar-refractivity contribution >= 4 is 0 Å². The van der Waals surface area contributed by atoms with Gasteiger partial charge in [0.25, 0.3) is 0 Å². The van der Waals surface area contributed by atoms with E-state index in [-0.39, 0.29) is 0 Å². The van der Waals surface area contributed by atoms with Gasteiger partial charge in [0.15, 0.2) is 0 Å². The van der Waals surface area contributed by atoms with E-state index in [1.165, 1.54) is 11.1 Å². The zero-order valence-corrected chi connectivity index (χ0v) is 9.99. The van der Waals surface area contributed by atoms with E-state index in [2.05, 4.69) is 36.5 Å². The fraction of sp³-hybridized carbons (Fsp3) is 0.429. The molecule has 1 aromatic carbocycles. The van der Waals surface area contributed by atoms with Crippen LogP contribution in [0.2, 0.25) is 0 Å². The molecule has 0 atom stereocenters. The number of rotatable bonds is 4. The fourth-order valence-electron chi connectivity index (χ4n) is 2.10. The second-order valence-electron chi connectivity index (χ2n) is 4.32. The van der Waals surface area contributed by atoms with Gasteiger partial charge in [0.05, 0.1) is 7.11 Å². The minimum Gasteiger partial charge on any atom is -0.496 e. The monoisotopic (exact) mass is 217 g/mol. The van der Waals surface area contributed by atoms with Crippen LogP contribution >= 0.6 is 0 Å². The largest absolute Gasteiger partial charge is 0.496 e. The Morgan fingerprint density at radius 3 is 2.69 bits per heavy atom. The summed E-state index contributed by atoms with van der Waals surface area (Å²) in [5.41, 5.74) is 2.52. The Kier molecular flexibility index (Phi) is 3.62. The van der Waals surface area contributed by atoms with Gasteiger partial charge in [-0.1, -0.05) is 24.3 Å². The number of ether oxygens (including phenoxy) is 1. The van der Waals surface area contributed by atoms with Crippen molar-refractivity contribution < 1.29 is 4.74 Å². The first kappa shape index (κ1) is 11.2. The smallest absolute Gasteiger partial charge is 0.121 e. The molecule has 1 N–H and O–H groups in total. The van der Waals surface area contributed by atoms with Gasteiger partial charge in [0.1, 0.15) is 5.75 Å². The second-order valence-corrected chi connectivity index (χ2v) is 4.32. The molecular weight excluding hydrogens is 198 g/mol. The fourth-order valence-corrected chi connectivity index (χ4v) is 2.10. The molecule has 0 spiro atoms. The van der Waals surface area contributed by atoms with Crippen LogP contribution in [-0.2, 0) is 6.54 Å². The second kappa shape index (κ2) is 5.17. The van der Waals surface area contributed by atoms with E-state index in [1.807, 2.05) is 6.07 Å². The number of hydrogen-bond acceptors (Lipinski definition) is 2. The third-order valence-corrected chi connectivity index (χ3v) is 3.06. The van der Waals surface area contributed by atoms with Crippen molar-refractivity contribution in [2.45, 2.75) is 32.4 Å². The van der Waals surface area contributed by atoms with E-state index in [1.54, 1.807) is 7.11 Å². The van der Waals surface area contributed by atoms with Gasteiger partial charge in [-0.2, -0.15) is 0 Å². The number of nitrogens with one attached hydrogen (secondary N) is 1. The van der Waals surface area contributed by atoms with Crippen molar-refractivity contribution in [3.8, 4) is 5.75 Å². The standard InChI is InChI=1S/C14H19NO/c1-11-9-12(7-8-14(11)16-2)10-15-13-5-3-4-6-13/h3-4,7-9,13,15H,5-6,10H2,1-2H3. The van der Waals surface area contributed by atoms with E-state index in [4.69, 9.17) is 4.74 Å². The minimum atomic E-state index is 0.627. The molecule has 0 heterocycles. The maximum absolute atomic E-state index is 5.25. The summed E-state index contributed by atoms with van der Waals surface area (Å²) in [6.45, 7) is 3.02. The number of aryl methyl sites for hydroxylation is 1. The lowest BCUT2D eigenvalue weighted by molar-refractivity contribution is 0.411. The Hall–Kier alpha value is -1.28. The predicted molar refractivity (Wildman–Crippen MR) is 66.7 cm³/mol. The SMILES string of the molecule is COc1ccc(CNC2CC=CC2)cc1C. The van der Waals surface area contributed by atoms with Crippen molar-refractivity contribution in [2.75, 3.05) is 7.11 Å². The van der Waals surface area contributed by atoms with Crippen molar-refractivity contribution in [2.24, 2.45) is 0 Å². The molecule has 0 aromatic heterocycles. The number of hydrogen-bond donors (Lipinski definition) is 1. The Morgan fingerprint density at radius 2 is 2.06 bits per heavy atom. The van der Waals surface area contributed by atoms with Crippen molar-refractivity contribution in [3.63, 3.8) is 0 Å². The van der Waals surface area contributed by atoms with Gasteiger partial charge in [0.2, 0.25) is 0 Å². The van der Waals surface area contributed by atoms with Gasteiger partial charge >= 0.3 is 0 Å². The average Bonchev–Trinajstić information content (AvgIpc) is 2.79. The molecule has 1 aliphatic rings. The molecule has 0 radical (unpaired) electrons. The number of benzene rings is 1. The summed E-state index contributed by atoms with van der Waals surface area (Å²) in [5.74, 6) is 0.964. The lowest BCUT2D eigenvalue weighted by Crippen LogP contribution is -2.25. The maximum Gasteiger partial charge on any atom is 0.121 e. The molecular formula is C14H19NO. The molecule has 1 aliphatic carbocycles. The van der Waals surface area contributed by atoms with Crippen LogP contribution in [0, 0.1) is 6.92 Å². The van der Waals surface area contributed by atoms with Gasteiger partial charge in [-0.3, -0.25) is 0 Å². The molecule has 0 fully saturated rings. The summed E-state index contributed by atoms with van der Waals surface area (Å²) >= 11 is 0. The highest BCUT2D eigenvalue weighted by molar-refractivity contribution is 5.36. The third kappa shape index (κ3) is 2.64. The average molecular weight is 217 g/mol. The van der Waals surface area contributed by atoms with Crippen LogP contribution in [0.3, 0.4) is 0 Å². The Morgan fingerprint density at radius 1 is 1.31 bits per heavy atom. The Balaban J connectivity index is 1.91. The first-order valence-electron chi connectivity index (χ1n) is 5.81. The summed E-state index contributed by atoms with van der Waals surface area (Å²) in [5, 5.41) is 3.56. The van der Waals surface area contributed by atoms with E-state index >= 15 is 0 Å². The summed E-state index contributed by atoms with van der Waals surface area (Å²) in [6, 6.07) is 6.98. The van der Waals surface area contributed by atoms with E-state index < -0.39 is 0 Å². The first-order valence-corrected chi connectivity index (χ1v) is 5.81. The summed E-state index contributed by atoms with van der Waals surface area (Å²) in [4.78, 5) is 0. The van der Waals surface area contributed by atoms with Crippen LogP contribution < -0.4 is 10.1 Å². The molecule has 0 saturated carbocycles. The zero-order valence-electron chi connectivity index (χ0n) is 9.99. The van der Waals surface area contributed by atoms with E-state index in [9.17, 15) is 0 Å². The Bertz CT molecular complexity index is 376. The molecule has 2 rings (SSSR count). The van der Waals surface area contributed by atoms with Crippen LogP contribution in [0.25, 0.3) is 0 Å². The van der Waals surface area contributed by atoms with Gasteiger partial charge in [-0.25, -0.2) is 0 Å². The van der Waals surface area contributed by atoms with Crippen LogP contribution in [0.5, 0.6) is 5.75 Å². The number of methoxy groups -OCH3 is 1. The lowest BCUT2D eigenvalue weighted by atomic mass is 10.1. The van der Waals surface area contributed by atoms with Crippen molar-refractivity contribution in [1.29, 1.82) is 0 Å². The normalized spacial score (nSPS) is 15.6. The van der Waals surface area contributed by atoms with Crippen LogP contribution in [0.15, 0.2) is 30.4 Å². The van der Waals surface area contributed by atoms with Crippen molar-refractivity contribution in [3.05, 3.63) is 41.5 Å². The first-order chi connectivity index (χ1) is 7.79. The van der Waals surface area contributed by atoms with Crippen LogP contribution in [-0.4, -0.2) is 13.2 Å². The zero-order chi connectivity index (χ0) is 11.4. The van der Waals surface area contributed by atoms with E-state index in [0.717, 1.165) is 25.1 Å². The summed E-state index contributed by atoms with van der Waals surface area (Å²) in [7, 11) is 1.71. The van der Waals surface area contributed by atoms with Gasteiger partial charge < -0.3 is 10.1 Å². The molecule has 2 heteroatoms. The van der Waals surface area contributed by atoms with E-state index in [0.29, 0.717) is 6.04 Å². The van der Waals surface area contributed by atoms with Gasteiger partial charge in [-0.15, -0.1) is 0 Å². The third-order valence-electron chi connectivity index (χ3n) is 3.06. The molecule has 2 nitrogen and oxygen atoms in total. The molecule has 86 valence electrons. The van der Waals surface area contributed by atoms with Gasteiger partial charge in [-0.05, 0) is 37.0 Å².